The van der Waals surface area contributed by atoms with Gasteiger partial charge in [-0.05, 0) is 42.2 Å². The Balaban J connectivity index is 1.86. The minimum absolute atomic E-state index is 0.297. The van der Waals surface area contributed by atoms with Gasteiger partial charge in [0, 0.05) is 52.4 Å². The molecule has 0 fully saturated rings. The van der Waals surface area contributed by atoms with Crippen LogP contribution in [0.25, 0.3) is 5.70 Å². The Morgan fingerprint density at radius 3 is 2.48 bits per heavy atom. The number of aliphatic imine (C=N–C) groups is 1. The van der Waals surface area contributed by atoms with Crippen LogP contribution < -0.4 is 14.8 Å². The number of fused-ring (bicyclic) bond motifs is 1. The van der Waals surface area contributed by atoms with Crippen molar-refractivity contribution >= 4 is 28.8 Å². The van der Waals surface area contributed by atoms with Gasteiger partial charge < -0.3 is 14.8 Å². The fourth-order valence-corrected chi connectivity index (χ4v) is 3.79. The fraction of sp³-hybridized carbons (Fsp3) is 0.200. The van der Waals surface area contributed by atoms with Gasteiger partial charge in [0.15, 0.2) is 0 Å². The molecule has 0 bridgehead atoms. The number of halogens is 1. The summed E-state index contributed by atoms with van der Waals surface area (Å²) in [6.45, 7) is 2.21. The van der Waals surface area contributed by atoms with E-state index in [1.807, 2.05) is 48.7 Å². The predicted molar refractivity (Wildman–Crippen MR) is 126 cm³/mol. The highest BCUT2D eigenvalue weighted by atomic mass is 35.5. The van der Waals surface area contributed by atoms with E-state index < -0.39 is 0 Å². The summed E-state index contributed by atoms with van der Waals surface area (Å²) in [4.78, 5) is 9.28. The number of aromatic nitrogens is 1. The molecule has 2 heterocycles. The number of pyridine rings is 1. The zero-order chi connectivity index (χ0) is 21.8. The fourth-order valence-electron chi connectivity index (χ4n) is 3.61. The van der Waals surface area contributed by atoms with Crippen molar-refractivity contribution in [2.45, 2.75) is 19.3 Å². The lowest BCUT2D eigenvalue weighted by molar-refractivity contribution is 0.395. The molecule has 0 amide bonds. The van der Waals surface area contributed by atoms with Crippen molar-refractivity contribution in [3.8, 4) is 11.5 Å². The molecule has 158 valence electrons. The number of hydrogen-bond donors (Lipinski definition) is 1. The van der Waals surface area contributed by atoms with E-state index in [4.69, 9.17) is 26.1 Å². The molecule has 1 unspecified atom stereocenters. The highest BCUT2D eigenvalue weighted by Crippen LogP contribution is 2.33. The van der Waals surface area contributed by atoms with Crippen molar-refractivity contribution in [3.63, 3.8) is 0 Å². The zero-order valence-electron chi connectivity index (χ0n) is 17.7. The maximum atomic E-state index is 6.39. The van der Waals surface area contributed by atoms with E-state index >= 15 is 0 Å². The molecule has 0 aliphatic carbocycles. The summed E-state index contributed by atoms with van der Waals surface area (Å²) in [6, 6.07) is 15.5. The molecular formula is C25H24ClN3O2. The molecule has 1 N–H and O–H groups in total. The lowest BCUT2D eigenvalue weighted by Gasteiger charge is -2.22. The second kappa shape index (κ2) is 9.23. The van der Waals surface area contributed by atoms with Gasteiger partial charge in [-0.15, -0.1) is 0 Å². The molecule has 0 spiro atoms. The Labute approximate surface area is 187 Å². The van der Waals surface area contributed by atoms with Gasteiger partial charge in [0.05, 0.1) is 19.9 Å². The van der Waals surface area contributed by atoms with Crippen LogP contribution in [0.1, 0.15) is 36.0 Å². The molecule has 6 heteroatoms. The minimum Gasteiger partial charge on any atom is -0.497 e. The lowest BCUT2D eigenvalue weighted by Crippen LogP contribution is -2.18. The molecule has 2 aromatic carbocycles. The van der Waals surface area contributed by atoms with Gasteiger partial charge in [0.2, 0.25) is 0 Å². The van der Waals surface area contributed by atoms with Crippen LogP contribution in [0.2, 0.25) is 5.02 Å². The van der Waals surface area contributed by atoms with Gasteiger partial charge >= 0.3 is 0 Å². The second-order valence-corrected chi connectivity index (χ2v) is 7.82. The van der Waals surface area contributed by atoms with Gasteiger partial charge in [-0.1, -0.05) is 30.7 Å². The number of allylic oxidation sites excluding steroid dienone is 1. The Morgan fingerprint density at radius 2 is 1.81 bits per heavy atom. The van der Waals surface area contributed by atoms with Crippen molar-refractivity contribution in [1.82, 2.24) is 4.98 Å². The standard InChI is InChI=1S/C25H24ClN3O2/c1-16-6-9-24(17-5-4-10-27-15-17)29-25(23-11-18(26)7-8-22(16)23)28-19-12-20(30-2)14-21(13-19)31-3/h4-5,7-16H,6H2,1-3H3,(H,28,29). The Hall–Kier alpha value is -3.31. The summed E-state index contributed by atoms with van der Waals surface area (Å²) in [6.07, 6.45) is 6.61. The van der Waals surface area contributed by atoms with Crippen LogP contribution in [0.3, 0.4) is 0 Å². The quantitative estimate of drug-likeness (QED) is 0.535. The van der Waals surface area contributed by atoms with Crippen LogP contribution in [0, 0.1) is 0 Å². The highest BCUT2D eigenvalue weighted by molar-refractivity contribution is 6.31. The third-order valence-corrected chi connectivity index (χ3v) is 5.50. The van der Waals surface area contributed by atoms with Crippen molar-refractivity contribution in [2.24, 2.45) is 4.99 Å². The number of amidine groups is 1. The molecule has 1 atom stereocenters. The molecular weight excluding hydrogens is 410 g/mol. The van der Waals surface area contributed by atoms with E-state index in [2.05, 4.69) is 29.4 Å². The van der Waals surface area contributed by atoms with Gasteiger partial charge in [0.25, 0.3) is 0 Å². The first kappa shape index (κ1) is 20.9. The average Bonchev–Trinajstić information content (AvgIpc) is 2.80. The molecule has 0 saturated carbocycles. The first-order chi connectivity index (χ1) is 15.1. The molecule has 0 radical (unpaired) electrons. The van der Waals surface area contributed by atoms with Crippen LogP contribution in [-0.2, 0) is 0 Å². The monoisotopic (exact) mass is 433 g/mol. The second-order valence-electron chi connectivity index (χ2n) is 7.39. The number of rotatable bonds is 4. The molecule has 1 aliphatic heterocycles. The van der Waals surface area contributed by atoms with Crippen molar-refractivity contribution in [2.75, 3.05) is 19.5 Å². The molecule has 1 aliphatic rings. The third kappa shape index (κ3) is 4.72. The molecule has 5 nitrogen and oxygen atoms in total. The Morgan fingerprint density at radius 1 is 1.03 bits per heavy atom. The molecule has 4 rings (SSSR count). The largest absolute Gasteiger partial charge is 0.497 e. The number of nitrogens with one attached hydrogen (secondary N) is 1. The number of ether oxygens (including phenoxy) is 2. The zero-order valence-corrected chi connectivity index (χ0v) is 18.5. The summed E-state index contributed by atoms with van der Waals surface area (Å²) in [5.74, 6) is 2.38. The molecule has 3 aromatic rings. The van der Waals surface area contributed by atoms with Crippen LogP contribution in [0.4, 0.5) is 5.69 Å². The van der Waals surface area contributed by atoms with Crippen LogP contribution >= 0.6 is 11.6 Å². The number of methoxy groups -OCH3 is 2. The van der Waals surface area contributed by atoms with E-state index in [-0.39, 0.29) is 0 Å². The summed E-state index contributed by atoms with van der Waals surface area (Å²) < 4.78 is 10.9. The molecule has 31 heavy (non-hydrogen) atoms. The summed E-state index contributed by atoms with van der Waals surface area (Å²) in [5, 5.41) is 4.14. The van der Waals surface area contributed by atoms with Gasteiger partial charge in [-0.25, -0.2) is 4.99 Å². The SMILES string of the molecule is COc1cc(NC2=NC(c3cccnc3)=CCC(C)c3ccc(Cl)cc32)cc(OC)c1. The number of nitrogens with zero attached hydrogens (tertiary/aromatic N) is 2. The highest BCUT2D eigenvalue weighted by Gasteiger charge is 2.19. The summed E-state index contributed by atoms with van der Waals surface area (Å²) >= 11 is 6.39. The summed E-state index contributed by atoms with van der Waals surface area (Å²) in [7, 11) is 3.26. The normalized spacial score (nSPS) is 15.7. The number of hydrogen-bond acceptors (Lipinski definition) is 5. The Kier molecular flexibility index (Phi) is 6.23. The maximum Gasteiger partial charge on any atom is 0.138 e. The van der Waals surface area contributed by atoms with E-state index in [1.165, 1.54) is 5.56 Å². The Bertz CT molecular complexity index is 1120. The molecule has 1 aromatic heterocycles. The third-order valence-electron chi connectivity index (χ3n) is 5.27. The van der Waals surface area contributed by atoms with E-state index in [0.29, 0.717) is 28.3 Å². The first-order valence-corrected chi connectivity index (χ1v) is 10.4. The van der Waals surface area contributed by atoms with Gasteiger partial charge in [-0.2, -0.15) is 0 Å². The lowest BCUT2D eigenvalue weighted by atomic mass is 9.90. The minimum atomic E-state index is 0.297. The van der Waals surface area contributed by atoms with Gasteiger partial charge in [0.1, 0.15) is 17.3 Å². The van der Waals surface area contributed by atoms with Gasteiger partial charge in [-0.3, -0.25) is 4.98 Å². The average molecular weight is 434 g/mol. The molecule has 0 saturated heterocycles. The van der Waals surface area contributed by atoms with Crippen molar-refractivity contribution in [3.05, 3.63) is 88.7 Å². The maximum absolute atomic E-state index is 6.39. The first-order valence-electron chi connectivity index (χ1n) is 10.1. The van der Waals surface area contributed by atoms with Crippen LogP contribution in [0.15, 0.2) is 72.0 Å². The number of anilines is 1. The van der Waals surface area contributed by atoms with E-state index in [9.17, 15) is 0 Å². The van der Waals surface area contributed by atoms with Crippen LogP contribution in [-0.4, -0.2) is 25.0 Å². The summed E-state index contributed by atoms with van der Waals surface area (Å²) in [5.41, 5.74) is 4.79. The van der Waals surface area contributed by atoms with E-state index in [0.717, 1.165) is 28.9 Å². The van der Waals surface area contributed by atoms with E-state index in [1.54, 1.807) is 20.4 Å². The predicted octanol–water partition coefficient (Wildman–Crippen LogP) is 6.16. The number of benzene rings is 2. The van der Waals surface area contributed by atoms with Crippen molar-refractivity contribution < 1.29 is 9.47 Å². The van der Waals surface area contributed by atoms with Crippen molar-refractivity contribution in [1.29, 1.82) is 0 Å². The van der Waals surface area contributed by atoms with Crippen LogP contribution in [0.5, 0.6) is 11.5 Å². The smallest absolute Gasteiger partial charge is 0.138 e. The topological polar surface area (TPSA) is 55.7 Å².